The van der Waals surface area contributed by atoms with Crippen LogP contribution in [-0.2, 0) is 6.42 Å². The number of rotatable bonds is 5. The molecule has 0 radical (unpaired) electrons. The molecule has 1 N–H and O–H groups in total. The van der Waals surface area contributed by atoms with Crippen molar-refractivity contribution in [2.75, 3.05) is 27.3 Å². The van der Waals surface area contributed by atoms with Gasteiger partial charge in [-0.2, -0.15) is 0 Å². The van der Waals surface area contributed by atoms with Gasteiger partial charge in [-0.25, -0.2) is 0 Å². The second-order valence-electron chi connectivity index (χ2n) is 5.01. The third-order valence-electron chi connectivity index (χ3n) is 3.79. The molecule has 110 valence electrons. The smallest absolute Gasteiger partial charge is 0.173 e. The third-order valence-corrected chi connectivity index (χ3v) is 4.11. The van der Waals surface area contributed by atoms with Gasteiger partial charge in [0.1, 0.15) is 0 Å². The Morgan fingerprint density at radius 1 is 1.30 bits per heavy atom. The summed E-state index contributed by atoms with van der Waals surface area (Å²) in [4.78, 5) is 11.1. The second-order valence-corrected chi connectivity index (χ2v) is 5.42. The number of methoxy groups -OCH3 is 2. The van der Waals surface area contributed by atoms with Crippen LogP contribution >= 0.6 is 11.6 Å². The summed E-state index contributed by atoms with van der Waals surface area (Å²) in [6, 6.07) is 1.83. The Morgan fingerprint density at radius 2 is 1.95 bits per heavy atom. The van der Waals surface area contributed by atoms with E-state index in [0.717, 1.165) is 37.9 Å². The molecule has 1 aliphatic rings. The molecule has 1 aliphatic heterocycles. The maximum atomic E-state index is 11.1. The van der Waals surface area contributed by atoms with E-state index in [1.54, 1.807) is 7.11 Å². The first-order chi connectivity index (χ1) is 9.71. The van der Waals surface area contributed by atoms with E-state index in [2.05, 4.69) is 5.32 Å². The lowest BCUT2D eigenvalue weighted by Crippen LogP contribution is -2.28. The van der Waals surface area contributed by atoms with Crippen LogP contribution in [0, 0.1) is 5.92 Å². The van der Waals surface area contributed by atoms with Crippen LogP contribution in [0.15, 0.2) is 6.07 Å². The highest BCUT2D eigenvalue weighted by molar-refractivity contribution is 6.33. The Kier molecular flexibility index (Phi) is 5.26. The minimum Gasteiger partial charge on any atom is -0.493 e. The molecule has 0 spiro atoms. The van der Waals surface area contributed by atoms with Crippen LogP contribution < -0.4 is 14.8 Å². The lowest BCUT2D eigenvalue weighted by atomic mass is 9.90. The van der Waals surface area contributed by atoms with Crippen molar-refractivity contribution in [3.8, 4) is 11.5 Å². The topological polar surface area (TPSA) is 47.6 Å². The van der Waals surface area contributed by atoms with Crippen LogP contribution in [0.1, 0.15) is 28.8 Å². The van der Waals surface area contributed by atoms with E-state index >= 15 is 0 Å². The first kappa shape index (κ1) is 15.1. The molecular formula is C15H20ClNO3. The zero-order valence-corrected chi connectivity index (χ0v) is 12.6. The number of hydrogen-bond acceptors (Lipinski definition) is 4. The average Bonchev–Trinajstić information content (AvgIpc) is 2.47. The largest absolute Gasteiger partial charge is 0.493 e. The molecule has 0 bridgehead atoms. The van der Waals surface area contributed by atoms with Gasteiger partial charge in [0, 0.05) is 0 Å². The van der Waals surface area contributed by atoms with Gasteiger partial charge >= 0.3 is 0 Å². The quantitative estimate of drug-likeness (QED) is 0.849. The molecule has 0 saturated carbocycles. The van der Waals surface area contributed by atoms with Crippen LogP contribution in [0.2, 0.25) is 5.02 Å². The molecule has 0 amide bonds. The second kappa shape index (κ2) is 6.95. The lowest BCUT2D eigenvalue weighted by molar-refractivity contribution is 0.112. The number of piperidine rings is 1. The van der Waals surface area contributed by atoms with Gasteiger partial charge in [-0.3, -0.25) is 4.79 Å². The molecule has 1 fully saturated rings. The van der Waals surface area contributed by atoms with Crippen LogP contribution in [0.5, 0.6) is 11.5 Å². The Bertz CT molecular complexity index is 484. The van der Waals surface area contributed by atoms with Crippen molar-refractivity contribution in [3.63, 3.8) is 0 Å². The normalized spacial score (nSPS) is 15.9. The van der Waals surface area contributed by atoms with E-state index in [1.165, 1.54) is 7.11 Å². The highest BCUT2D eigenvalue weighted by Gasteiger charge is 2.22. The number of carbonyl (C=O) groups is 1. The Balaban J connectivity index is 2.36. The van der Waals surface area contributed by atoms with Gasteiger partial charge in [-0.05, 0) is 49.9 Å². The minimum absolute atomic E-state index is 0.347. The zero-order chi connectivity index (χ0) is 14.5. The average molecular weight is 298 g/mol. The van der Waals surface area contributed by atoms with Crippen molar-refractivity contribution in [1.29, 1.82) is 0 Å². The maximum Gasteiger partial charge on any atom is 0.173 e. The fraction of sp³-hybridized carbons (Fsp3) is 0.533. The van der Waals surface area contributed by atoms with E-state index in [4.69, 9.17) is 21.1 Å². The van der Waals surface area contributed by atoms with Gasteiger partial charge < -0.3 is 14.8 Å². The van der Waals surface area contributed by atoms with Crippen LogP contribution in [0.25, 0.3) is 0 Å². The molecule has 5 heteroatoms. The number of nitrogens with one attached hydrogen (secondary N) is 1. The monoisotopic (exact) mass is 297 g/mol. The fourth-order valence-electron chi connectivity index (χ4n) is 2.76. The molecule has 0 aromatic heterocycles. The van der Waals surface area contributed by atoms with Crippen molar-refractivity contribution >= 4 is 17.9 Å². The summed E-state index contributed by atoms with van der Waals surface area (Å²) in [6.45, 7) is 2.09. The van der Waals surface area contributed by atoms with E-state index in [9.17, 15) is 4.79 Å². The summed E-state index contributed by atoms with van der Waals surface area (Å²) in [5.41, 5.74) is 1.35. The van der Waals surface area contributed by atoms with Gasteiger partial charge in [-0.1, -0.05) is 11.6 Å². The van der Waals surface area contributed by atoms with E-state index in [1.807, 2.05) is 6.07 Å². The Labute approximate surface area is 124 Å². The Morgan fingerprint density at radius 3 is 2.50 bits per heavy atom. The van der Waals surface area contributed by atoms with Crippen LogP contribution in [0.3, 0.4) is 0 Å². The standard InChI is InChI=1S/C15H20ClNO3/c1-19-14-11(7-10-3-5-17-6-4-10)8-13(16)12(9-18)15(14)20-2/h8-10,17H,3-7H2,1-2H3. The number of aldehydes is 1. The summed E-state index contributed by atoms with van der Waals surface area (Å²) in [5, 5.41) is 3.77. The maximum absolute atomic E-state index is 11.1. The molecule has 1 aromatic rings. The summed E-state index contributed by atoms with van der Waals surface area (Å²) in [6.07, 6.45) is 3.87. The molecule has 4 nitrogen and oxygen atoms in total. The van der Waals surface area contributed by atoms with Gasteiger partial charge in [0.05, 0.1) is 24.8 Å². The highest BCUT2D eigenvalue weighted by atomic mass is 35.5. The molecular weight excluding hydrogens is 278 g/mol. The van der Waals surface area contributed by atoms with Crippen molar-refractivity contribution < 1.29 is 14.3 Å². The lowest BCUT2D eigenvalue weighted by Gasteiger charge is -2.24. The molecule has 20 heavy (non-hydrogen) atoms. The summed E-state index contributed by atoms with van der Waals surface area (Å²) >= 11 is 6.18. The van der Waals surface area contributed by atoms with Crippen molar-refractivity contribution in [3.05, 3.63) is 22.2 Å². The van der Waals surface area contributed by atoms with Gasteiger partial charge in [0.25, 0.3) is 0 Å². The van der Waals surface area contributed by atoms with Gasteiger partial charge in [0.15, 0.2) is 17.8 Å². The van der Waals surface area contributed by atoms with Gasteiger partial charge in [-0.15, -0.1) is 0 Å². The third kappa shape index (κ3) is 3.07. The fourth-order valence-corrected chi connectivity index (χ4v) is 3.02. The van der Waals surface area contributed by atoms with Crippen molar-refractivity contribution in [1.82, 2.24) is 5.32 Å². The minimum atomic E-state index is 0.347. The van der Waals surface area contributed by atoms with E-state index < -0.39 is 0 Å². The first-order valence-corrected chi connectivity index (χ1v) is 7.18. The SMILES string of the molecule is COc1c(CC2CCNCC2)cc(Cl)c(C=O)c1OC. The van der Waals surface area contributed by atoms with Gasteiger partial charge in [0.2, 0.25) is 0 Å². The molecule has 0 unspecified atom stereocenters. The first-order valence-electron chi connectivity index (χ1n) is 6.80. The summed E-state index contributed by atoms with van der Waals surface area (Å²) in [7, 11) is 3.11. The number of ether oxygens (including phenoxy) is 2. The molecule has 1 saturated heterocycles. The molecule has 1 aromatic carbocycles. The predicted octanol–water partition coefficient (Wildman–Crippen LogP) is 2.71. The predicted molar refractivity (Wildman–Crippen MR) is 79.2 cm³/mol. The van der Waals surface area contributed by atoms with Crippen molar-refractivity contribution in [2.45, 2.75) is 19.3 Å². The molecule has 0 atom stereocenters. The summed E-state index contributed by atoms with van der Waals surface area (Å²) in [5.74, 6) is 1.66. The van der Waals surface area contributed by atoms with Crippen molar-refractivity contribution in [2.24, 2.45) is 5.92 Å². The number of halogens is 1. The number of hydrogen-bond donors (Lipinski definition) is 1. The molecule has 0 aliphatic carbocycles. The molecule has 1 heterocycles. The number of carbonyl (C=O) groups excluding carboxylic acids is 1. The summed E-state index contributed by atoms with van der Waals surface area (Å²) < 4.78 is 10.8. The highest BCUT2D eigenvalue weighted by Crippen LogP contribution is 2.40. The van der Waals surface area contributed by atoms with E-state index in [-0.39, 0.29) is 0 Å². The van der Waals surface area contributed by atoms with Crippen LogP contribution in [0.4, 0.5) is 0 Å². The zero-order valence-electron chi connectivity index (χ0n) is 11.9. The number of benzene rings is 1. The molecule has 2 rings (SSSR count). The Hall–Kier alpha value is -1.26. The van der Waals surface area contributed by atoms with Crippen LogP contribution in [-0.4, -0.2) is 33.6 Å². The van der Waals surface area contributed by atoms with E-state index in [0.29, 0.717) is 34.3 Å².